The summed E-state index contributed by atoms with van der Waals surface area (Å²) < 4.78 is 104. The molecule has 7 aromatic heterocycles. The van der Waals surface area contributed by atoms with Gasteiger partial charge >= 0.3 is 83.2 Å². The molecular formula is C72H96Cl2F3N13Na2O17S3. The average molecular weight is 1690 g/mol. The van der Waals surface area contributed by atoms with Crippen molar-refractivity contribution in [1.29, 1.82) is 0 Å². The maximum Gasteiger partial charge on any atom is 1.00 e. The van der Waals surface area contributed by atoms with Gasteiger partial charge in [-0.15, -0.1) is 22.9 Å². The number of rotatable bonds is 26. The SMILES string of the molecule is CCCCCOc1ccc(Nc2nc(-c3ccc(CN(C)C)nc3)cs2)cc1C(F)(F)F.CN(C)Cc1ccc(C(=O)CCl)cn1.CN(C)Cc1ccc(C(=O)[O-])cn1.CNC.COC(=O)c1ccc(CN(C)C)nc1.COC(=O)c1ccc(CO)nc1.COC(=O)c1ccc(COS(C)(=O)=O)nc1.CS(=O)(=O)Cl.[Na+].[Na+].[OH-]. The van der Waals surface area contributed by atoms with Crippen LogP contribution in [0, 0.1) is 0 Å². The van der Waals surface area contributed by atoms with Gasteiger partial charge in [0, 0.05) is 102 Å². The Labute approximate surface area is 711 Å². The Kier molecular flexibility index (Phi) is 57.1. The maximum atomic E-state index is 13.5. The molecule has 0 saturated carbocycles. The van der Waals surface area contributed by atoms with Gasteiger partial charge in [0.15, 0.2) is 10.9 Å². The number of carbonyl (C=O) groups is 5. The van der Waals surface area contributed by atoms with Gasteiger partial charge in [0.1, 0.15) is 12.4 Å². The van der Waals surface area contributed by atoms with E-state index in [1.54, 1.807) is 48.8 Å². The molecule has 40 heteroatoms. The third-order valence-electron chi connectivity index (χ3n) is 12.7. The van der Waals surface area contributed by atoms with Crippen LogP contribution < -0.4 is 79.6 Å². The van der Waals surface area contributed by atoms with E-state index in [9.17, 15) is 59.1 Å². The summed E-state index contributed by atoms with van der Waals surface area (Å²) in [5.41, 5.74) is 7.54. The second kappa shape index (κ2) is 58.7. The Balaban J connectivity index is -0.00000129. The van der Waals surface area contributed by atoms with Crippen LogP contribution in [0.15, 0.2) is 134 Å². The fraction of sp³-hybridized carbons (Fsp3) is 0.389. The van der Waals surface area contributed by atoms with Crippen LogP contribution in [0.2, 0.25) is 0 Å². The van der Waals surface area contributed by atoms with Crippen LogP contribution in [0.1, 0.15) is 118 Å². The number of hydrogen-bond acceptors (Lipinski definition) is 31. The molecule has 0 aliphatic heterocycles. The van der Waals surface area contributed by atoms with Crippen LogP contribution in [-0.2, 0) is 83.1 Å². The van der Waals surface area contributed by atoms with Crippen molar-refractivity contribution < 1.29 is 152 Å². The molecule has 0 spiro atoms. The molecule has 0 fully saturated rings. The fourth-order valence-electron chi connectivity index (χ4n) is 7.87. The number of alkyl halides is 4. The molecule has 0 amide bonds. The smallest absolute Gasteiger partial charge is 0.870 e. The Hall–Kier alpha value is -7.15. The minimum absolute atomic E-state index is 0. The number of esters is 3. The van der Waals surface area contributed by atoms with Crippen molar-refractivity contribution in [2.45, 2.75) is 71.8 Å². The molecule has 0 aliphatic carbocycles. The molecule has 7 heterocycles. The number of thiazole rings is 1. The zero-order valence-electron chi connectivity index (χ0n) is 66.0. The molecule has 1 aromatic carbocycles. The predicted octanol–water partition coefficient (Wildman–Crippen LogP) is 3.16. The first-order valence-electron chi connectivity index (χ1n) is 32.6. The summed E-state index contributed by atoms with van der Waals surface area (Å²) >= 11 is 6.75. The average Bonchev–Trinajstić information content (AvgIpc) is 0.998. The molecule has 0 unspecified atom stereocenters. The largest absolute Gasteiger partial charge is 1.00 e. The number of nitrogens with one attached hydrogen (secondary N) is 2. The number of aliphatic hydroxyl groups is 1. The summed E-state index contributed by atoms with van der Waals surface area (Å²) in [5, 5.41) is 27.1. The standard InChI is InChI=1S/C23H27F3N4OS.C10H13ClN2O.C10H14N2O2.C9H12N2O2.C9H11NO5S.C8H9NO3.C2H7N.CH3ClO2S.2Na.H2O/c1-4-5-6-11-31-21-10-9-17(12-19(21)23(24,25)26)28-22-29-20(15-32-22)16-7-8-18(27-13-16)14-30(2)3;1-13(2)7-9-4-3-8(6-12-9)10(14)5-11;1-12(2)7-9-5-4-8(6-11-9)10(13)14-3;1-11(2)6-8-4-3-7(5-10-8)9(12)13;1-14-9(11)7-3-4-8(10-5-7)6-15-16(2,12)13;1-12-8(11)6-2-3-7(5-10)9-4-6;1-3-2;1-5(2,3)4;;;/h7-10,12-13,15H,4-6,11,14H2,1-3H3,(H,28,29);3-4,6H,5,7H2,1-2H3;4-6H,7H2,1-3H3;3-5H,6H2,1-2H3,(H,12,13);3-5H,6H2,1-2H3;2-4,10H,5H2,1H3;3H,1-2H3;1H3;;;1H2/q;;;;;;;;2*+1;/p-2. The molecule has 8 rings (SSSR count). The molecule has 0 atom stereocenters. The number of unbranched alkanes of at least 4 members (excludes halogenated alkanes) is 2. The van der Waals surface area contributed by atoms with Crippen molar-refractivity contribution in [2.75, 3.05) is 122 Å². The molecule has 30 nitrogen and oxygen atoms in total. The number of aromatic carboxylic acids is 1. The van der Waals surface area contributed by atoms with Gasteiger partial charge in [-0.05, 0) is 168 Å². The number of benzene rings is 1. The van der Waals surface area contributed by atoms with E-state index in [2.05, 4.69) is 74.6 Å². The number of carboxylic acid groups (broad SMARTS) is 1. The van der Waals surface area contributed by atoms with E-state index < -0.39 is 48.8 Å². The van der Waals surface area contributed by atoms with E-state index in [1.807, 2.05) is 127 Å². The number of carboxylic acids is 1. The Morgan fingerprint density at radius 2 is 0.955 bits per heavy atom. The monoisotopic (exact) mass is 1680 g/mol. The first-order chi connectivity index (χ1) is 51.2. The number of aromatic nitrogens is 7. The molecule has 0 radical (unpaired) electrons. The second-order valence-corrected chi connectivity index (χ2v) is 29.5. The number of methoxy groups -OCH3 is 3. The Morgan fingerprint density at radius 1 is 0.580 bits per heavy atom. The van der Waals surface area contributed by atoms with Crippen LogP contribution in [0.25, 0.3) is 11.3 Å². The van der Waals surface area contributed by atoms with Crippen LogP contribution >= 0.6 is 33.6 Å². The normalized spacial score (nSPS) is 10.4. The number of ether oxygens (including phenoxy) is 4. The maximum absolute atomic E-state index is 13.5. The number of hydrogen-bond donors (Lipinski definition) is 3. The quantitative estimate of drug-likeness (QED) is 0.0102. The number of aliphatic hydroxyl groups excluding tert-OH is 1. The molecule has 0 aliphatic rings. The van der Waals surface area contributed by atoms with E-state index in [-0.39, 0.29) is 113 Å². The molecule has 0 saturated heterocycles. The summed E-state index contributed by atoms with van der Waals surface area (Å²) in [6.45, 7) is 5.00. The molecule has 0 bridgehead atoms. The van der Waals surface area contributed by atoms with Crippen LogP contribution in [0.3, 0.4) is 0 Å². The van der Waals surface area contributed by atoms with E-state index in [0.717, 1.165) is 85.8 Å². The van der Waals surface area contributed by atoms with E-state index in [0.29, 0.717) is 56.7 Å². The first kappa shape index (κ1) is 109. The number of pyridine rings is 6. The number of carbonyl (C=O) groups excluding carboxylic acids is 5. The number of ketones is 1. The fourth-order valence-corrected chi connectivity index (χ4v) is 9.10. The number of anilines is 2. The first-order valence-corrected chi connectivity index (χ1v) is 38.5. The van der Waals surface area contributed by atoms with Gasteiger partial charge in [0.2, 0.25) is 9.05 Å². The number of nitrogens with zero attached hydrogens (tertiary/aromatic N) is 11. The Morgan fingerprint density at radius 3 is 1.28 bits per heavy atom. The molecule has 4 N–H and O–H groups in total. The second-order valence-electron chi connectivity index (χ2n) is 23.7. The summed E-state index contributed by atoms with van der Waals surface area (Å²) in [7, 11) is 21.2. The topological polar surface area (TPSA) is 400 Å². The van der Waals surface area contributed by atoms with Crippen LogP contribution in [0.4, 0.5) is 24.0 Å². The van der Waals surface area contributed by atoms with Crippen molar-refractivity contribution in [2.24, 2.45) is 0 Å². The summed E-state index contributed by atoms with van der Waals surface area (Å²) in [4.78, 5) is 91.5. The van der Waals surface area contributed by atoms with Gasteiger partial charge in [0.25, 0.3) is 10.1 Å². The zero-order valence-corrected chi connectivity index (χ0v) is 74.0. The van der Waals surface area contributed by atoms with Crippen LogP contribution in [-0.4, -0.2) is 228 Å². The minimum Gasteiger partial charge on any atom is -0.870 e. The van der Waals surface area contributed by atoms with Crippen LogP contribution in [0.5, 0.6) is 5.75 Å². The summed E-state index contributed by atoms with van der Waals surface area (Å²) in [6, 6.07) is 24.3. The van der Waals surface area contributed by atoms with Gasteiger partial charge in [-0.25, -0.2) is 27.8 Å². The zero-order chi connectivity index (χ0) is 82.5. The van der Waals surface area contributed by atoms with Gasteiger partial charge in [-0.2, -0.15) is 21.6 Å². The van der Waals surface area contributed by atoms with E-state index >= 15 is 0 Å². The van der Waals surface area contributed by atoms with Gasteiger partial charge in [-0.3, -0.25) is 38.9 Å². The van der Waals surface area contributed by atoms with Crippen molar-refractivity contribution in [3.05, 3.63) is 201 Å². The number of halogens is 5. The van der Waals surface area contributed by atoms with Gasteiger partial charge in [0.05, 0.1) is 121 Å². The molecular weight excluding hydrogens is 1590 g/mol. The van der Waals surface area contributed by atoms with Crippen molar-refractivity contribution in [3.63, 3.8) is 0 Å². The number of Topliss-reactive ketones (excluding diaryl/α,β-unsaturated/α-hetero) is 1. The molecule has 606 valence electrons. The molecule has 8 aromatic rings. The van der Waals surface area contributed by atoms with Crippen molar-refractivity contribution in [1.82, 2.24) is 59.8 Å². The Bertz CT molecular complexity index is 4160. The third kappa shape index (κ3) is 49.5. The minimum atomic E-state index is -4.51. The van der Waals surface area contributed by atoms with Gasteiger partial charge < -0.3 is 69.7 Å². The predicted molar refractivity (Wildman–Crippen MR) is 412 cm³/mol. The summed E-state index contributed by atoms with van der Waals surface area (Å²) in [5.74, 6) is -2.69. The summed E-state index contributed by atoms with van der Waals surface area (Å²) in [6.07, 6.45) is 8.83. The van der Waals surface area contributed by atoms with E-state index in [1.165, 1.54) is 81.7 Å². The third-order valence-corrected chi connectivity index (χ3v) is 14.3. The molecule has 112 heavy (non-hydrogen) atoms. The van der Waals surface area contributed by atoms with Gasteiger partial charge in [-0.1, -0.05) is 19.8 Å². The van der Waals surface area contributed by atoms with E-state index in [4.69, 9.17) is 21.4 Å². The van der Waals surface area contributed by atoms with Crippen molar-refractivity contribution in [3.8, 4) is 17.0 Å². The van der Waals surface area contributed by atoms with Crippen molar-refractivity contribution >= 4 is 93.3 Å².